The summed E-state index contributed by atoms with van der Waals surface area (Å²) in [5, 5.41) is 0. The maximum absolute atomic E-state index is 11.4. The SMILES string of the molecule is CCCCCCCCCCOC(=O)CCCCCC=O. The minimum absolute atomic E-state index is 0.0842. The van der Waals surface area contributed by atoms with Gasteiger partial charge in [0.15, 0.2) is 0 Å². The fourth-order valence-electron chi connectivity index (χ4n) is 2.17. The molecule has 0 aromatic rings. The van der Waals surface area contributed by atoms with Crippen LogP contribution in [0, 0.1) is 0 Å². The number of esters is 1. The Morgan fingerprint density at radius 2 is 1.45 bits per heavy atom. The molecule has 20 heavy (non-hydrogen) atoms. The quantitative estimate of drug-likeness (QED) is 0.246. The number of hydrogen-bond donors (Lipinski definition) is 0. The van der Waals surface area contributed by atoms with Crippen LogP contribution in [-0.4, -0.2) is 18.9 Å². The lowest BCUT2D eigenvalue weighted by Crippen LogP contribution is -2.05. The Labute approximate surface area is 124 Å². The van der Waals surface area contributed by atoms with E-state index in [9.17, 15) is 9.59 Å². The van der Waals surface area contributed by atoms with Gasteiger partial charge in [-0.2, -0.15) is 0 Å². The molecular weight excluding hydrogens is 252 g/mol. The van der Waals surface area contributed by atoms with E-state index in [1.165, 1.54) is 44.9 Å². The van der Waals surface area contributed by atoms with Crippen molar-refractivity contribution < 1.29 is 14.3 Å². The molecule has 0 spiro atoms. The van der Waals surface area contributed by atoms with E-state index in [-0.39, 0.29) is 5.97 Å². The van der Waals surface area contributed by atoms with Gasteiger partial charge in [-0.25, -0.2) is 0 Å². The zero-order valence-electron chi connectivity index (χ0n) is 13.2. The van der Waals surface area contributed by atoms with Crippen molar-refractivity contribution in [3.05, 3.63) is 0 Å². The van der Waals surface area contributed by atoms with Gasteiger partial charge < -0.3 is 9.53 Å². The highest BCUT2D eigenvalue weighted by molar-refractivity contribution is 5.69. The Kier molecular flexibility index (Phi) is 15.5. The molecule has 0 aliphatic carbocycles. The summed E-state index contributed by atoms with van der Waals surface area (Å²) in [6, 6.07) is 0. The number of carbonyl (C=O) groups is 2. The minimum atomic E-state index is -0.0842. The standard InChI is InChI=1S/C17H32O3/c1-2-3-4-5-6-7-10-13-16-20-17(19)14-11-8-9-12-15-18/h15H,2-14,16H2,1H3. The van der Waals surface area contributed by atoms with Crippen LogP contribution in [0.4, 0.5) is 0 Å². The Morgan fingerprint density at radius 3 is 2.10 bits per heavy atom. The molecule has 0 rings (SSSR count). The topological polar surface area (TPSA) is 43.4 Å². The summed E-state index contributed by atoms with van der Waals surface area (Å²) in [5.74, 6) is -0.0842. The number of hydrogen-bond acceptors (Lipinski definition) is 3. The second-order valence-electron chi connectivity index (χ2n) is 5.46. The van der Waals surface area contributed by atoms with E-state index in [2.05, 4.69) is 6.92 Å². The van der Waals surface area contributed by atoms with Gasteiger partial charge in [0.05, 0.1) is 6.61 Å². The summed E-state index contributed by atoms with van der Waals surface area (Å²) < 4.78 is 5.19. The van der Waals surface area contributed by atoms with Crippen LogP contribution >= 0.6 is 0 Å². The third-order valence-electron chi connectivity index (χ3n) is 3.46. The Balaban J connectivity index is 3.13. The van der Waals surface area contributed by atoms with Crippen molar-refractivity contribution in [2.24, 2.45) is 0 Å². The molecule has 3 nitrogen and oxygen atoms in total. The largest absolute Gasteiger partial charge is 0.466 e. The third kappa shape index (κ3) is 15.2. The van der Waals surface area contributed by atoms with Crippen molar-refractivity contribution in [3.63, 3.8) is 0 Å². The van der Waals surface area contributed by atoms with Gasteiger partial charge in [-0.15, -0.1) is 0 Å². The summed E-state index contributed by atoms with van der Waals surface area (Å²) in [6.45, 7) is 2.80. The average molecular weight is 284 g/mol. The molecular formula is C17H32O3. The van der Waals surface area contributed by atoms with E-state index in [0.717, 1.165) is 32.0 Å². The first kappa shape index (κ1) is 19.1. The molecule has 0 heterocycles. The predicted octanol–water partition coefficient (Wildman–Crippen LogP) is 4.82. The van der Waals surface area contributed by atoms with E-state index in [4.69, 9.17) is 4.74 Å². The van der Waals surface area contributed by atoms with Crippen molar-refractivity contribution >= 4 is 12.3 Å². The second kappa shape index (κ2) is 16.2. The first-order valence-electron chi connectivity index (χ1n) is 8.40. The monoisotopic (exact) mass is 284 g/mol. The number of ether oxygens (including phenoxy) is 1. The summed E-state index contributed by atoms with van der Waals surface area (Å²) >= 11 is 0. The molecule has 0 aromatic carbocycles. The molecule has 3 heteroatoms. The molecule has 0 saturated heterocycles. The lowest BCUT2D eigenvalue weighted by molar-refractivity contribution is -0.143. The van der Waals surface area contributed by atoms with Gasteiger partial charge in [0.25, 0.3) is 0 Å². The van der Waals surface area contributed by atoms with Crippen LogP contribution in [0.2, 0.25) is 0 Å². The average Bonchev–Trinajstić information content (AvgIpc) is 2.45. The minimum Gasteiger partial charge on any atom is -0.466 e. The molecule has 0 saturated carbocycles. The molecule has 0 atom stereocenters. The van der Waals surface area contributed by atoms with Gasteiger partial charge in [-0.1, -0.05) is 58.3 Å². The molecule has 0 radical (unpaired) electrons. The Morgan fingerprint density at radius 1 is 0.850 bits per heavy atom. The fourth-order valence-corrected chi connectivity index (χ4v) is 2.17. The number of aldehydes is 1. The molecule has 0 aliphatic heterocycles. The fraction of sp³-hybridized carbons (Fsp3) is 0.882. The van der Waals surface area contributed by atoms with E-state index in [1.807, 2.05) is 0 Å². The smallest absolute Gasteiger partial charge is 0.305 e. The van der Waals surface area contributed by atoms with E-state index in [0.29, 0.717) is 19.4 Å². The van der Waals surface area contributed by atoms with Crippen molar-refractivity contribution in [2.45, 2.75) is 90.4 Å². The second-order valence-corrected chi connectivity index (χ2v) is 5.46. The van der Waals surface area contributed by atoms with Crippen molar-refractivity contribution in [3.8, 4) is 0 Å². The summed E-state index contributed by atoms with van der Waals surface area (Å²) in [4.78, 5) is 21.5. The molecule has 0 N–H and O–H groups in total. The van der Waals surface area contributed by atoms with Gasteiger partial charge in [-0.05, 0) is 19.3 Å². The maximum Gasteiger partial charge on any atom is 0.305 e. The van der Waals surface area contributed by atoms with Crippen molar-refractivity contribution in [2.75, 3.05) is 6.61 Å². The molecule has 0 aromatic heterocycles. The van der Waals surface area contributed by atoms with Crippen molar-refractivity contribution in [1.82, 2.24) is 0 Å². The van der Waals surface area contributed by atoms with Gasteiger partial charge in [0, 0.05) is 12.8 Å². The van der Waals surface area contributed by atoms with Gasteiger partial charge in [0.1, 0.15) is 6.29 Å². The molecule has 0 amide bonds. The highest BCUT2D eigenvalue weighted by Gasteiger charge is 2.02. The lowest BCUT2D eigenvalue weighted by atomic mass is 10.1. The van der Waals surface area contributed by atoms with Crippen molar-refractivity contribution in [1.29, 1.82) is 0 Å². The normalized spacial score (nSPS) is 10.4. The van der Waals surface area contributed by atoms with Gasteiger partial charge in [0.2, 0.25) is 0 Å². The van der Waals surface area contributed by atoms with Crippen LogP contribution in [0.15, 0.2) is 0 Å². The van der Waals surface area contributed by atoms with Gasteiger partial charge in [-0.3, -0.25) is 4.79 Å². The van der Waals surface area contributed by atoms with Crippen LogP contribution in [-0.2, 0) is 14.3 Å². The first-order valence-corrected chi connectivity index (χ1v) is 8.40. The highest BCUT2D eigenvalue weighted by Crippen LogP contribution is 2.09. The molecule has 0 fully saturated rings. The zero-order valence-corrected chi connectivity index (χ0v) is 13.2. The van der Waals surface area contributed by atoms with Crippen LogP contribution in [0.3, 0.4) is 0 Å². The van der Waals surface area contributed by atoms with Crippen LogP contribution in [0.1, 0.15) is 90.4 Å². The van der Waals surface area contributed by atoms with Gasteiger partial charge >= 0.3 is 5.97 Å². The zero-order chi connectivity index (χ0) is 14.9. The van der Waals surface area contributed by atoms with Crippen LogP contribution in [0.5, 0.6) is 0 Å². The maximum atomic E-state index is 11.4. The predicted molar refractivity (Wildman–Crippen MR) is 82.7 cm³/mol. The third-order valence-corrected chi connectivity index (χ3v) is 3.46. The number of carbonyl (C=O) groups excluding carboxylic acids is 2. The van der Waals surface area contributed by atoms with Crippen LogP contribution in [0.25, 0.3) is 0 Å². The molecule has 0 unspecified atom stereocenters. The first-order chi connectivity index (χ1) is 9.81. The summed E-state index contributed by atoms with van der Waals surface area (Å²) in [6.07, 6.45) is 14.8. The Hall–Kier alpha value is -0.860. The lowest BCUT2D eigenvalue weighted by Gasteiger charge is -2.05. The van der Waals surface area contributed by atoms with E-state index < -0.39 is 0 Å². The molecule has 0 bridgehead atoms. The number of unbranched alkanes of at least 4 members (excludes halogenated alkanes) is 10. The van der Waals surface area contributed by atoms with E-state index in [1.54, 1.807) is 0 Å². The number of rotatable bonds is 15. The summed E-state index contributed by atoms with van der Waals surface area (Å²) in [7, 11) is 0. The summed E-state index contributed by atoms with van der Waals surface area (Å²) in [5.41, 5.74) is 0. The highest BCUT2D eigenvalue weighted by atomic mass is 16.5. The van der Waals surface area contributed by atoms with Crippen LogP contribution < -0.4 is 0 Å². The molecule has 0 aliphatic rings. The Bertz CT molecular complexity index is 226. The van der Waals surface area contributed by atoms with E-state index >= 15 is 0 Å². The molecule has 118 valence electrons.